The molecule has 1 fully saturated rings. The maximum absolute atomic E-state index is 11.3. The number of nitrogens with zero attached hydrogens (tertiary/aromatic N) is 1. The van der Waals surface area contributed by atoms with Crippen LogP contribution in [0.5, 0.6) is 0 Å². The van der Waals surface area contributed by atoms with Crippen LogP contribution in [0.15, 0.2) is 18.2 Å². The van der Waals surface area contributed by atoms with Crippen molar-refractivity contribution in [1.29, 1.82) is 0 Å². The second-order valence-electron chi connectivity index (χ2n) is 5.37. The summed E-state index contributed by atoms with van der Waals surface area (Å²) < 4.78 is 0. The molecule has 3 nitrogen and oxygen atoms in total. The van der Waals surface area contributed by atoms with E-state index < -0.39 is 5.97 Å². The lowest BCUT2D eigenvalue weighted by molar-refractivity contribution is -0.142. The molecule has 0 aromatic heterocycles. The van der Waals surface area contributed by atoms with Gasteiger partial charge in [0.15, 0.2) is 0 Å². The van der Waals surface area contributed by atoms with Gasteiger partial charge in [0.05, 0.1) is 5.92 Å². The summed E-state index contributed by atoms with van der Waals surface area (Å²) in [5.74, 6) is -1.06. The highest BCUT2D eigenvalue weighted by molar-refractivity contribution is 6.31. The minimum absolute atomic E-state index is 0.337. The number of hydrogen-bond donors (Lipinski definition) is 1. The molecule has 0 bridgehead atoms. The minimum atomic E-state index is -0.720. The first kappa shape index (κ1) is 13.2. The lowest BCUT2D eigenvalue weighted by Crippen LogP contribution is -2.45. The van der Waals surface area contributed by atoms with Gasteiger partial charge in [-0.3, -0.25) is 4.79 Å². The van der Waals surface area contributed by atoms with Gasteiger partial charge in [-0.25, -0.2) is 0 Å². The molecule has 1 N–H and O–H groups in total. The van der Waals surface area contributed by atoms with Gasteiger partial charge in [-0.05, 0) is 44.9 Å². The third-order valence-corrected chi connectivity index (χ3v) is 4.43. The molecule has 1 aromatic carbocycles. The molecule has 98 valence electrons. The van der Waals surface area contributed by atoms with Gasteiger partial charge in [0.1, 0.15) is 0 Å². The quantitative estimate of drug-likeness (QED) is 0.893. The molecule has 2 rings (SSSR count). The Bertz CT molecular complexity index is 485. The molecule has 4 heteroatoms. The topological polar surface area (TPSA) is 40.5 Å². The van der Waals surface area contributed by atoms with E-state index >= 15 is 0 Å². The zero-order valence-electron chi connectivity index (χ0n) is 10.9. The zero-order valence-corrected chi connectivity index (χ0v) is 11.7. The number of rotatable bonds is 2. The van der Waals surface area contributed by atoms with Crippen molar-refractivity contribution in [2.24, 2.45) is 5.92 Å². The average molecular weight is 268 g/mol. The van der Waals surface area contributed by atoms with Crippen molar-refractivity contribution in [2.75, 3.05) is 11.4 Å². The summed E-state index contributed by atoms with van der Waals surface area (Å²) in [5, 5.41) is 10.0. The molecular weight excluding hydrogens is 250 g/mol. The first-order valence-electron chi connectivity index (χ1n) is 6.11. The van der Waals surface area contributed by atoms with Gasteiger partial charge in [-0.15, -0.1) is 0 Å². The maximum Gasteiger partial charge on any atom is 0.308 e. The van der Waals surface area contributed by atoms with Crippen LogP contribution in [0.1, 0.15) is 25.8 Å². The summed E-state index contributed by atoms with van der Waals surface area (Å²) >= 11 is 6.14. The number of carbonyl (C=O) groups is 1. The van der Waals surface area contributed by atoms with E-state index in [0.717, 1.165) is 22.8 Å². The van der Waals surface area contributed by atoms with Crippen molar-refractivity contribution in [2.45, 2.75) is 32.7 Å². The molecule has 1 aromatic rings. The number of halogens is 1. The monoisotopic (exact) mass is 267 g/mol. The third kappa shape index (κ3) is 1.97. The predicted molar refractivity (Wildman–Crippen MR) is 73.4 cm³/mol. The van der Waals surface area contributed by atoms with Gasteiger partial charge in [0.2, 0.25) is 0 Å². The highest BCUT2D eigenvalue weighted by Gasteiger charge is 2.45. The molecule has 0 spiro atoms. The molecule has 1 atom stereocenters. The number of carboxylic acid groups (broad SMARTS) is 1. The van der Waals surface area contributed by atoms with Crippen molar-refractivity contribution in [3.05, 3.63) is 28.8 Å². The molecule has 18 heavy (non-hydrogen) atoms. The van der Waals surface area contributed by atoms with Crippen LogP contribution in [0.3, 0.4) is 0 Å². The van der Waals surface area contributed by atoms with Crippen LogP contribution in [0.25, 0.3) is 0 Å². The van der Waals surface area contributed by atoms with Crippen LogP contribution in [0.2, 0.25) is 5.02 Å². The fourth-order valence-corrected chi connectivity index (χ4v) is 3.00. The van der Waals surface area contributed by atoms with Gasteiger partial charge in [0.25, 0.3) is 0 Å². The largest absolute Gasteiger partial charge is 0.481 e. The fraction of sp³-hybridized carbons (Fsp3) is 0.500. The van der Waals surface area contributed by atoms with Crippen LogP contribution >= 0.6 is 11.6 Å². The Labute approximate surface area is 112 Å². The molecule has 0 saturated carbocycles. The van der Waals surface area contributed by atoms with Crippen LogP contribution < -0.4 is 4.90 Å². The smallest absolute Gasteiger partial charge is 0.308 e. The number of anilines is 1. The Morgan fingerprint density at radius 3 is 2.72 bits per heavy atom. The first-order chi connectivity index (χ1) is 8.35. The highest BCUT2D eigenvalue weighted by Crippen LogP contribution is 2.40. The molecule has 1 unspecified atom stereocenters. The van der Waals surface area contributed by atoms with E-state index in [1.54, 1.807) is 0 Å². The van der Waals surface area contributed by atoms with E-state index in [1.165, 1.54) is 0 Å². The van der Waals surface area contributed by atoms with Gasteiger partial charge >= 0.3 is 5.97 Å². The Hall–Kier alpha value is -1.22. The Balaban J connectivity index is 2.41. The normalized spacial score (nSPS) is 22.2. The Morgan fingerprint density at radius 1 is 1.50 bits per heavy atom. The lowest BCUT2D eigenvalue weighted by Gasteiger charge is -2.37. The first-order valence-corrected chi connectivity index (χ1v) is 6.49. The minimum Gasteiger partial charge on any atom is -0.481 e. The molecule has 1 aliphatic heterocycles. The molecule has 0 amide bonds. The third-order valence-electron chi connectivity index (χ3n) is 4.02. The summed E-state index contributed by atoms with van der Waals surface area (Å²) in [6.07, 6.45) is 0.675. The second-order valence-corrected chi connectivity index (χ2v) is 5.78. The van der Waals surface area contributed by atoms with E-state index in [4.69, 9.17) is 11.6 Å². The van der Waals surface area contributed by atoms with Crippen LogP contribution in [0.4, 0.5) is 5.69 Å². The molecule has 0 aliphatic carbocycles. The van der Waals surface area contributed by atoms with E-state index in [0.29, 0.717) is 6.42 Å². The number of aliphatic carboxylic acids is 1. The van der Waals surface area contributed by atoms with Gasteiger partial charge < -0.3 is 10.0 Å². The number of carboxylic acids is 1. The summed E-state index contributed by atoms with van der Waals surface area (Å²) in [7, 11) is 0. The van der Waals surface area contributed by atoms with E-state index in [-0.39, 0.29) is 11.5 Å². The molecular formula is C14H18ClNO2. The SMILES string of the molecule is Cc1c(Cl)cccc1N1CCC(C(=O)O)C1(C)C. The van der Waals surface area contributed by atoms with Crippen molar-refractivity contribution in [3.63, 3.8) is 0 Å². The summed E-state index contributed by atoms with van der Waals surface area (Å²) in [6.45, 7) is 6.70. The van der Waals surface area contributed by atoms with Crippen LogP contribution in [0, 0.1) is 12.8 Å². The lowest BCUT2D eigenvalue weighted by atomic mass is 9.88. The van der Waals surface area contributed by atoms with Crippen molar-refractivity contribution < 1.29 is 9.90 Å². The predicted octanol–water partition coefficient (Wildman–Crippen LogP) is 3.34. The second kappa shape index (κ2) is 4.47. The summed E-state index contributed by atoms with van der Waals surface area (Å²) in [5.41, 5.74) is 1.66. The molecule has 1 aliphatic rings. The number of benzene rings is 1. The Kier molecular flexibility index (Phi) is 3.28. The average Bonchev–Trinajstić information content (AvgIpc) is 2.58. The highest BCUT2D eigenvalue weighted by atomic mass is 35.5. The van der Waals surface area contributed by atoms with Gasteiger partial charge in [-0.2, -0.15) is 0 Å². The van der Waals surface area contributed by atoms with Crippen molar-refractivity contribution in [1.82, 2.24) is 0 Å². The van der Waals surface area contributed by atoms with E-state index in [2.05, 4.69) is 4.90 Å². The van der Waals surface area contributed by atoms with Crippen molar-refractivity contribution >= 4 is 23.3 Å². The number of hydrogen-bond acceptors (Lipinski definition) is 2. The van der Waals surface area contributed by atoms with E-state index in [1.807, 2.05) is 39.0 Å². The standard InChI is InChI=1S/C14H18ClNO2/c1-9-11(15)5-4-6-12(9)16-8-7-10(13(17)18)14(16,2)3/h4-6,10H,7-8H2,1-3H3,(H,17,18). The van der Waals surface area contributed by atoms with Gasteiger partial charge in [-0.1, -0.05) is 17.7 Å². The van der Waals surface area contributed by atoms with Crippen LogP contribution in [-0.4, -0.2) is 23.2 Å². The summed E-state index contributed by atoms with van der Waals surface area (Å²) in [6, 6.07) is 5.78. The van der Waals surface area contributed by atoms with Gasteiger partial charge in [0, 0.05) is 22.8 Å². The van der Waals surface area contributed by atoms with Crippen molar-refractivity contribution in [3.8, 4) is 0 Å². The molecule has 1 heterocycles. The Morgan fingerprint density at radius 2 is 2.17 bits per heavy atom. The zero-order chi connectivity index (χ0) is 13.5. The van der Waals surface area contributed by atoms with E-state index in [9.17, 15) is 9.90 Å². The molecule has 0 radical (unpaired) electrons. The summed E-state index contributed by atoms with van der Waals surface area (Å²) in [4.78, 5) is 13.5. The molecule has 1 saturated heterocycles. The van der Waals surface area contributed by atoms with Crippen LogP contribution in [-0.2, 0) is 4.79 Å². The maximum atomic E-state index is 11.3. The fourth-order valence-electron chi connectivity index (χ4n) is 2.83.